The van der Waals surface area contributed by atoms with Gasteiger partial charge in [-0.15, -0.1) is 0 Å². The molecule has 0 spiro atoms. The van der Waals surface area contributed by atoms with Crippen molar-refractivity contribution in [2.75, 3.05) is 52.5 Å². The van der Waals surface area contributed by atoms with Gasteiger partial charge in [0.05, 0.1) is 13.2 Å². The van der Waals surface area contributed by atoms with Crippen LogP contribution < -0.4 is 10.6 Å². The second-order valence-electron chi connectivity index (χ2n) is 4.85. The molecule has 1 heterocycles. The fourth-order valence-electron chi connectivity index (χ4n) is 2.04. The van der Waals surface area contributed by atoms with E-state index in [2.05, 4.69) is 34.4 Å². The molecule has 0 radical (unpaired) electrons. The molecule has 1 aliphatic heterocycles. The maximum absolute atomic E-state index is 5.34. The lowest BCUT2D eigenvalue weighted by Crippen LogP contribution is -2.38. The second-order valence-corrected chi connectivity index (χ2v) is 4.85. The SMILES string of the molecule is CCCCNC(=NCCCN1CCOCC1)NCC. The summed E-state index contributed by atoms with van der Waals surface area (Å²) >= 11 is 0. The number of unbranched alkanes of at least 4 members (excludes halogenated alkanes) is 1. The summed E-state index contributed by atoms with van der Waals surface area (Å²) in [5, 5.41) is 6.65. The van der Waals surface area contributed by atoms with E-state index in [1.165, 1.54) is 12.8 Å². The van der Waals surface area contributed by atoms with Crippen LogP contribution in [-0.4, -0.2) is 63.3 Å². The third-order valence-corrected chi connectivity index (χ3v) is 3.17. The Bertz CT molecular complexity index is 240. The number of rotatable bonds is 8. The normalized spacial score (nSPS) is 17.5. The van der Waals surface area contributed by atoms with E-state index in [9.17, 15) is 0 Å². The molecule has 1 rings (SSSR count). The maximum Gasteiger partial charge on any atom is 0.191 e. The van der Waals surface area contributed by atoms with Gasteiger partial charge in [0.1, 0.15) is 0 Å². The summed E-state index contributed by atoms with van der Waals surface area (Å²) in [5.74, 6) is 0.956. The average molecular weight is 270 g/mol. The van der Waals surface area contributed by atoms with E-state index >= 15 is 0 Å². The zero-order valence-electron chi connectivity index (χ0n) is 12.6. The van der Waals surface area contributed by atoms with Gasteiger partial charge in [-0.05, 0) is 19.8 Å². The molecule has 0 aromatic carbocycles. The van der Waals surface area contributed by atoms with Gasteiger partial charge in [0.25, 0.3) is 0 Å². The lowest BCUT2D eigenvalue weighted by molar-refractivity contribution is 0.0377. The van der Waals surface area contributed by atoms with E-state index in [4.69, 9.17) is 4.74 Å². The summed E-state index contributed by atoms with van der Waals surface area (Å²) in [6.07, 6.45) is 3.52. The zero-order valence-corrected chi connectivity index (χ0v) is 12.6. The van der Waals surface area contributed by atoms with Crippen LogP contribution in [0.25, 0.3) is 0 Å². The third kappa shape index (κ3) is 8.06. The van der Waals surface area contributed by atoms with Gasteiger partial charge in [-0.25, -0.2) is 0 Å². The Morgan fingerprint density at radius 3 is 2.63 bits per heavy atom. The number of ether oxygens (including phenoxy) is 1. The van der Waals surface area contributed by atoms with Crippen LogP contribution in [-0.2, 0) is 4.74 Å². The highest BCUT2D eigenvalue weighted by Gasteiger charge is 2.08. The first-order chi connectivity index (χ1) is 9.36. The van der Waals surface area contributed by atoms with Gasteiger partial charge in [0.2, 0.25) is 0 Å². The number of guanidine groups is 1. The van der Waals surface area contributed by atoms with Crippen molar-refractivity contribution in [1.29, 1.82) is 0 Å². The molecular weight excluding hydrogens is 240 g/mol. The molecule has 5 heteroatoms. The Labute approximate surface area is 117 Å². The molecule has 0 aromatic rings. The fourth-order valence-corrected chi connectivity index (χ4v) is 2.04. The fraction of sp³-hybridized carbons (Fsp3) is 0.929. The first kappa shape index (κ1) is 16.2. The lowest BCUT2D eigenvalue weighted by atomic mass is 10.3. The molecular formula is C14H30N4O. The summed E-state index contributed by atoms with van der Waals surface area (Å²) in [7, 11) is 0. The predicted octanol–water partition coefficient (Wildman–Crippen LogP) is 1.06. The highest BCUT2D eigenvalue weighted by molar-refractivity contribution is 5.79. The van der Waals surface area contributed by atoms with E-state index in [-0.39, 0.29) is 0 Å². The van der Waals surface area contributed by atoms with Crippen molar-refractivity contribution in [3.05, 3.63) is 0 Å². The molecule has 112 valence electrons. The van der Waals surface area contributed by atoms with Crippen LogP contribution in [0.1, 0.15) is 33.1 Å². The standard InChI is InChI=1S/C14H30N4O/c1-3-5-7-16-14(15-4-2)17-8-6-9-18-10-12-19-13-11-18/h3-13H2,1-2H3,(H2,15,16,17). The molecule has 0 amide bonds. The predicted molar refractivity (Wildman–Crippen MR) is 80.8 cm³/mol. The maximum atomic E-state index is 5.34. The summed E-state index contributed by atoms with van der Waals surface area (Å²) < 4.78 is 5.34. The highest BCUT2D eigenvalue weighted by Crippen LogP contribution is 1.98. The molecule has 0 aliphatic carbocycles. The second kappa shape index (κ2) is 11.1. The molecule has 0 bridgehead atoms. The van der Waals surface area contributed by atoms with Crippen LogP contribution in [0.3, 0.4) is 0 Å². The van der Waals surface area contributed by atoms with E-state index in [0.717, 1.165) is 64.9 Å². The molecule has 19 heavy (non-hydrogen) atoms. The molecule has 2 N–H and O–H groups in total. The number of nitrogens with one attached hydrogen (secondary N) is 2. The minimum Gasteiger partial charge on any atom is -0.379 e. The Hall–Kier alpha value is -0.810. The number of hydrogen-bond donors (Lipinski definition) is 2. The zero-order chi connectivity index (χ0) is 13.8. The van der Waals surface area contributed by atoms with E-state index in [1.54, 1.807) is 0 Å². The first-order valence-corrected chi connectivity index (χ1v) is 7.69. The van der Waals surface area contributed by atoms with Gasteiger partial charge in [0, 0.05) is 39.3 Å². The van der Waals surface area contributed by atoms with Crippen molar-refractivity contribution in [2.45, 2.75) is 33.1 Å². The van der Waals surface area contributed by atoms with Crippen molar-refractivity contribution >= 4 is 5.96 Å². The molecule has 1 fully saturated rings. The van der Waals surface area contributed by atoms with Crippen molar-refractivity contribution in [1.82, 2.24) is 15.5 Å². The smallest absolute Gasteiger partial charge is 0.191 e. The topological polar surface area (TPSA) is 48.9 Å². The van der Waals surface area contributed by atoms with Crippen molar-refractivity contribution in [3.8, 4) is 0 Å². The minimum atomic E-state index is 0.879. The molecule has 0 saturated carbocycles. The van der Waals surface area contributed by atoms with Crippen LogP contribution in [0.4, 0.5) is 0 Å². The largest absolute Gasteiger partial charge is 0.379 e. The summed E-state index contributed by atoms with van der Waals surface area (Å²) in [5.41, 5.74) is 0. The van der Waals surface area contributed by atoms with Crippen LogP contribution >= 0.6 is 0 Å². The van der Waals surface area contributed by atoms with Gasteiger partial charge in [-0.1, -0.05) is 13.3 Å². The van der Waals surface area contributed by atoms with E-state index < -0.39 is 0 Å². The van der Waals surface area contributed by atoms with Gasteiger partial charge in [0.15, 0.2) is 5.96 Å². The number of morpholine rings is 1. The highest BCUT2D eigenvalue weighted by atomic mass is 16.5. The number of aliphatic imine (C=N–C) groups is 1. The summed E-state index contributed by atoms with van der Waals surface area (Å²) in [6.45, 7) is 12.1. The summed E-state index contributed by atoms with van der Waals surface area (Å²) in [4.78, 5) is 7.06. The van der Waals surface area contributed by atoms with Crippen LogP contribution in [0.2, 0.25) is 0 Å². The summed E-state index contributed by atoms with van der Waals surface area (Å²) in [6, 6.07) is 0. The lowest BCUT2D eigenvalue weighted by Gasteiger charge is -2.26. The van der Waals surface area contributed by atoms with Crippen molar-refractivity contribution in [2.24, 2.45) is 4.99 Å². The van der Waals surface area contributed by atoms with Crippen molar-refractivity contribution in [3.63, 3.8) is 0 Å². The van der Waals surface area contributed by atoms with E-state index in [1.807, 2.05) is 0 Å². The molecule has 1 saturated heterocycles. The van der Waals surface area contributed by atoms with Crippen LogP contribution in [0.15, 0.2) is 4.99 Å². The van der Waals surface area contributed by atoms with Gasteiger partial charge in [-0.2, -0.15) is 0 Å². The molecule has 0 unspecified atom stereocenters. The monoisotopic (exact) mass is 270 g/mol. The van der Waals surface area contributed by atoms with Gasteiger partial charge < -0.3 is 15.4 Å². The van der Waals surface area contributed by atoms with E-state index in [0.29, 0.717) is 0 Å². The quantitative estimate of drug-likeness (QED) is 0.393. The first-order valence-electron chi connectivity index (χ1n) is 7.69. The number of hydrogen-bond acceptors (Lipinski definition) is 3. The molecule has 1 aliphatic rings. The molecule has 0 atom stereocenters. The third-order valence-electron chi connectivity index (χ3n) is 3.17. The van der Waals surface area contributed by atoms with Crippen LogP contribution in [0.5, 0.6) is 0 Å². The van der Waals surface area contributed by atoms with Crippen molar-refractivity contribution < 1.29 is 4.74 Å². The Balaban J connectivity index is 2.14. The van der Waals surface area contributed by atoms with Gasteiger partial charge >= 0.3 is 0 Å². The molecule has 0 aromatic heterocycles. The van der Waals surface area contributed by atoms with Gasteiger partial charge in [-0.3, -0.25) is 9.89 Å². The minimum absolute atomic E-state index is 0.879. The molecule has 5 nitrogen and oxygen atoms in total. The average Bonchev–Trinajstić information content (AvgIpc) is 2.45. The van der Waals surface area contributed by atoms with Crippen LogP contribution in [0, 0.1) is 0 Å². The Kier molecular flexibility index (Phi) is 9.45. The Morgan fingerprint density at radius 2 is 1.95 bits per heavy atom. The number of nitrogens with zero attached hydrogens (tertiary/aromatic N) is 2. The Morgan fingerprint density at radius 1 is 1.16 bits per heavy atom.